The van der Waals surface area contributed by atoms with Gasteiger partial charge in [0.2, 0.25) is 11.8 Å². The van der Waals surface area contributed by atoms with Gasteiger partial charge in [-0.2, -0.15) is 0 Å². The number of piperidine rings is 1. The van der Waals surface area contributed by atoms with E-state index >= 15 is 0 Å². The maximum absolute atomic E-state index is 13.5. The van der Waals surface area contributed by atoms with Crippen molar-refractivity contribution in [1.82, 2.24) is 4.90 Å². The molecule has 3 aliphatic carbocycles. The zero-order valence-electron chi connectivity index (χ0n) is 18.8. The van der Waals surface area contributed by atoms with Gasteiger partial charge in [-0.25, -0.2) is 0 Å². The number of alkyl halides is 2. The summed E-state index contributed by atoms with van der Waals surface area (Å²) in [6, 6.07) is -0.683. The van der Waals surface area contributed by atoms with Crippen LogP contribution in [0.2, 0.25) is 0 Å². The van der Waals surface area contributed by atoms with Crippen LogP contribution in [0.15, 0.2) is 0 Å². The van der Waals surface area contributed by atoms with Crippen molar-refractivity contribution >= 4 is 40.8 Å². The summed E-state index contributed by atoms with van der Waals surface area (Å²) in [5.74, 6) is -1.25. The molecule has 180 valence electrons. The second kappa shape index (κ2) is 9.42. The van der Waals surface area contributed by atoms with Crippen molar-refractivity contribution in [2.24, 2.45) is 41.2 Å². The first kappa shape index (κ1) is 24.3. The van der Waals surface area contributed by atoms with Crippen LogP contribution in [-0.2, 0) is 14.4 Å². The first-order valence-corrected chi connectivity index (χ1v) is 13.1. The van der Waals surface area contributed by atoms with E-state index in [1.54, 1.807) is 4.90 Å². The van der Waals surface area contributed by atoms with Crippen LogP contribution in [0, 0.1) is 35.5 Å². The number of aliphatic hydroxyl groups excluding tert-OH is 1. The Kier molecular flexibility index (Phi) is 7.15. The molecular weight excluding hydrogens is 451 g/mol. The second-order valence-corrected chi connectivity index (χ2v) is 12.2. The number of nitrogens with two attached hydrogens (primary N) is 1. The third-order valence-corrected chi connectivity index (χ3v) is 9.82. The van der Waals surface area contributed by atoms with Gasteiger partial charge < -0.3 is 15.7 Å². The quantitative estimate of drug-likeness (QED) is 0.487. The SMILES string of the molecule is C[C@H](C(=O)N1C[C@H]2[C@@H]([C@H]1C(=O)CC(CC1CCC1)C(O)C(N)=O)C2(Cl)Cl)C1CCCCC1. The van der Waals surface area contributed by atoms with Gasteiger partial charge in [-0.05, 0) is 31.1 Å². The lowest BCUT2D eigenvalue weighted by Gasteiger charge is -2.36. The molecule has 8 heteroatoms. The summed E-state index contributed by atoms with van der Waals surface area (Å²) in [5.41, 5.74) is 5.37. The fourth-order valence-electron chi connectivity index (χ4n) is 6.39. The van der Waals surface area contributed by atoms with E-state index in [4.69, 9.17) is 28.9 Å². The maximum atomic E-state index is 13.5. The molecule has 0 aromatic rings. The number of halogens is 2. The standard InChI is InChI=1S/C24H36Cl2N2O4/c1-13(15-8-3-2-4-9-15)23(32)28-12-17-19(24(17,25)26)20(28)18(29)11-16(21(30)22(27)31)10-14-6-5-7-14/h13-17,19-21,30H,2-12H2,1H3,(H2,27,31)/t13-,16?,17-,19-,20+,21?/m0/s1. The van der Waals surface area contributed by atoms with Crippen LogP contribution < -0.4 is 5.73 Å². The summed E-state index contributed by atoms with van der Waals surface area (Å²) in [6.07, 6.45) is 8.08. The molecule has 0 aromatic heterocycles. The predicted molar refractivity (Wildman–Crippen MR) is 123 cm³/mol. The van der Waals surface area contributed by atoms with Gasteiger partial charge in [-0.15, -0.1) is 23.2 Å². The summed E-state index contributed by atoms with van der Waals surface area (Å²) >= 11 is 12.9. The molecule has 2 amide bonds. The molecule has 4 rings (SSSR count). The fraction of sp³-hybridized carbons (Fsp3) is 0.875. The second-order valence-electron chi connectivity index (χ2n) is 10.7. The van der Waals surface area contributed by atoms with Crippen LogP contribution in [-0.4, -0.2) is 50.6 Å². The number of amides is 2. The average molecular weight is 487 g/mol. The number of Topliss-reactive ketones (excluding diaryl/α,β-unsaturated/α-hetero) is 1. The Balaban J connectivity index is 1.49. The normalized spacial score (nSPS) is 32.5. The number of aliphatic hydroxyl groups is 1. The van der Waals surface area contributed by atoms with E-state index in [2.05, 4.69) is 0 Å². The van der Waals surface area contributed by atoms with E-state index in [9.17, 15) is 19.5 Å². The fourth-order valence-corrected chi connectivity index (χ4v) is 7.22. The maximum Gasteiger partial charge on any atom is 0.246 e. The van der Waals surface area contributed by atoms with Crippen molar-refractivity contribution in [2.45, 2.75) is 87.6 Å². The Morgan fingerprint density at radius 1 is 1.09 bits per heavy atom. The Morgan fingerprint density at radius 2 is 1.75 bits per heavy atom. The van der Waals surface area contributed by atoms with Gasteiger partial charge in [0.05, 0.1) is 6.04 Å². The van der Waals surface area contributed by atoms with Crippen LogP contribution in [0.5, 0.6) is 0 Å². The van der Waals surface area contributed by atoms with Crippen LogP contribution in [0.1, 0.15) is 71.1 Å². The van der Waals surface area contributed by atoms with Gasteiger partial charge in [-0.3, -0.25) is 14.4 Å². The zero-order valence-corrected chi connectivity index (χ0v) is 20.4. The Bertz CT molecular complexity index is 750. The van der Waals surface area contributed by atoms with Crippen LogP contribution >= 0.6 is 23.2 Å². The molecule has 4 aliphatic rings. The molecule has 0 aromatic carbocycles. The highest BCUT2D eigenvalue weighted by Gasteiger charge is 2.73. The van der Waals surface area contributed by atoms with Crippen LogP contribution in [0.3, 0.4) is 0 Å². The number of likely N-dealkylation sites (tertiary alicyclic amines) is 1. The minimum Gasteiger partial charge on any atom is -0.383 e. The molecule has 0 bridgehead atoms. The van der Waals surface area contributed by atoms with E-state index in [-0.39, 0.29) is 35.9 Å². The molecule has 3 saturated carbocycles. The van der Waals surface area contributed by atoms with Gasteiger partial charge >= 0.3 is 0 Å². The molecule has 1 heterocycles. The lowest BCUT2D eigenvalue weighted by molar-refractivity contribution is -0.144. The molecular formula is C24H36Cl2N2O4. The van der Waals surface area contributed by atoms with Crippen LogP contribution in [0.4, 0.5) is 0 Å². The van der Waals surface area contributed by atoms with E-state index in [1.165, 1.54) is 6.42 Å². The summed E-state index contributed by atoms with van der Waals surface area (Å²) in [4.78, 5) is 40.4. The monoisotopic (exact) mass is 486 g/mol. The van der Waals surface area contributed by atoms with E-state index < -0.39 is 28.3 Å². The lowest BCUT2D eigenvalue weighted by Crippen LogP contribution is -2.50. The Morgan fingerprint density at radius 3 is 2.31 bits per heavy atom. The van der Waals surface area contributed by atoms with Gasteiger partial charge in [0.1, 0.15) is 10.4 Å². The minimum atomic E-state index is -1.36. The number of rotatable bonds is 9. The molecule has 1 saturated heterocycles. The molecule has 0 radical (unpaired) electrons. The van der Waals surface area contributed by atoms with Gasteiger partial charge in [0.25, 0.3) is 0 Å². The molecule has 6 nitrogen and oxygen atoms in total. The number of hydrogen-bond acceptors (Lipinski definition) is 4. The number of hydrogen-bond donors (Lipinski definition) is 2. The van der Waals surface area contributed by atoms with Crippen molar-refractivity contribution in [3.8, 4) is 0 Å². The summed E-state index contributed by atoms with van der Waals surface area (Å²) in [5, 5.41) is 10.4. The highest BCUT2D eigenvalue weighted by Crippen LogP contribution is 2.65. The van der Waals surface area contributed by atoms with Gasteiger partial charge in [0, 0.05) is 36.6 Å². The molecule has 6 atom stereocenters. The summed E-state index contributed by atoms with van der Waals surface area (Å²) in [6.45, 7) is 2.38. The smallest absolute Gasteiger partial charge is 0.246 e. The molecule has 1 aliphatic heterocycles. The molecule has 3 N–H and O–H groups in total. The topological polar surface area (TPSA) is 101 Å². The number of fused-ring (bicyclic) bond motifs is 1. The first-order chi connectivity index (χ1) is 15.1. The minimum absolute atomic E-state index is 0.0116. The van der Waals surface area contributed by atoms with Crippen molar-refractivity contribution in [3.05, 3.63) is 0 Å². The van der Waals surface area contributed by atoms with Crippen molar-refractivity contribution in [2.75, 3.05) is 6.54 Å². The number of ketones is 1. The Labute approximate surface area is 200 Å². The number of carbonyl (C=O) groups excluding carboxylic acids is 3. The van der Waals surface area contributed by atoms with E-state index in [0.29, 0.717) is 24.8 Å². The molecule has 0 spiro atoms. The van der Waals surface area contributed by atoms with Gasteiger partial charge in [-0.1, -0.05) is 45.4 Å². The van der Waals surface area contributed by atoms with Gasteiger partial charge in [0.15, 0.2) is 5.78 Å². The highest BCUT2D eigenvalue weighted by molar-refractivity contribution is 6.51. The van der Waals surface area contributed by atoms with Crippen molar-refractivity contribution in [1.29, 1.82) is 0 Å². The summed E-state index contributed by atoms with van der Waals surface area (Å²) < 4.78 is -0.989. The van der Waals surface area contributed by atoms with E-state index in [1.807, 2.05) is 6.92 Å². The largest absolute Gasteiger partial charge is 0.383 e. The number of nitrogens with zero attached hydrogens (tertiary/aromatic N) is 1. The third kappa shape index (κ3) is 4.56. The van der Waals surface area contributed by atoms with E-state index in [0.717, 1.165) is 44.9 Å². The Hall–Kier alpha value is -0.850. The molecule has 4 fully saturated rings. The molecule has 2 unspecified atom stereocenters. The lowest BCUT2D eigenvalue weighted by atomic mass is 9.75. The first-order valence-electron chi connectivity index (χ1n) is 12.3. The number of carbonyl (C=O) groups is 3. The zero-order chi connectivity index (χ0) is 23.2. The van der Waals surface area contributed by atoms with Crippen molar-refractivity contribution in [3.63, 3.8) is 0 Å². The third-order valence-electron chi connectivity index (χ3n) is 8.75. The highest BCUT2D eigenvalue weighted by atomic mass is 35.5. The number of primary amides is 1. The molecule has 32 heavy (non-hydrogen) atoms. The summed E-state index contributed by atoms with van der Waals surface area (Å²) in [7, 11) is 0. The van der Waals surface area contributed by atoms with Crippen LogP contribution in [0.25, 0.3) is 0 Å². The predicted octanol–water partition coefficient (Wildman–Crippen LogP) is 3.45. The van der Waals surface area contributed by atoms with Crippen molar-refractivity contribution < 1.29 is 19.5 Å². The average Bonchev–Trinajstić information content (AvgIpc) is 3.08.